The number of hydrogen-bond donors (Lipinski definition) is 1. The molecule has 4 nitrogen and oxygen atoms in total. The summed E-state index contributed by atoms with van der Waals surface area (Å²) in [5.41, 5.74) is 0.195. The summed E-state index contributed by atoms with van der Waals surface area (Å²) in [5, 5.41) is 2.21. The highest BCUT2D eigenvalue weighted by Gasteiger charge is 2.09. The van der Waals surface area contributed by atoms with E-state index in [1.807, 2.05) is 0 Å². The van der Waals surface area contributed by atoms with Crippen LogP contribution >= 0.6 is 0 Å². The van der Waals surface area contributed by atoms with Gasteiger partial charge in [-0.15, -0.1) is 0 Å². The summed E-state index contributed by atoms with van der Waals surface area (Å²) in [5.74, 6) is -1.84. The first-order valence-electron chi connectivity index (χ1n) is 6.44. The molecule has 1 amide bonds. The maximum atomic E-state index is 13.4. The number of halogens is 2. The normalized spacial score (nSPS) is 10.1. The summed E-state index contributed by atoms with van der Waals surface area (Å²) in [6.07, 6.45) is 0. The number of rotatable bonds is 5. The molecule has 2 rings (SSSR count). The number of amides is 1. The van der Waals surface area contributed by atoms with E-state index in [4.69, 9.17) is 4.74 Å². The van der Waals surface area contributed by atoms with Gasteiger partial charge in [-0.1, -0.05) is 12.1 Å². The smallest absolute Gasteiger partial charge is 0.262 e. The van der Waals surface area contributed by atoms with E-state index in [-0.39, 0.29) is 11.5 Å². The molecule has 1 N–H and O–H groups in total. The van der Waals surface area contributed by atoms with Gasteiger partial charge in [0.15, 0.2) is 12.4 Å². The Balaban J connectivity index is 1.97. The predicted molar refractivity (Wildman–Crippen MR) is 76.9 cm³/mol. The summed E-state index contributed by atoms with van der Waals surface area (Å²) in [6, 6.07) is 9.08. The molecule has 0 aromatic heterocycles. The number of benzene rings is 2. The number of ether oxygens (including phenoxy) is 1. The van der Waals surface area contributed by atoms with Crippen LogP contribution in [0.2, 0.25) is 0 Å². The molecule has 6 heteroatoms. The molecule has 0 radical (unpaired) electrons. The SMILES string of the molecule is CC(=O)c1cccc(OCC(=O)Nc2cc(F)ccc2F)c1. The van der Waals surface area contributed by atoms with Crippen LogP contribution in [0, 0.1) is 11.6 Å². The number of anilines is 1. The van der Waals surface area contributed by atoms with Crippen LogP contribution < -0.4 is 10.1 Å². The maximum absolute atomic E-state index is 13.4. The second-order valence-corrected chi connectivity index (χ2v) is 4.55. The number of hydrogen-bond acceptors (Lipinski definition) is 3. The predicted octanol–water partition coefficient (Wildman–Crippen LogP) is 3.18. The van der Waals surface area contributed by atoms with Crippen LogP contribution in [0.1, 0.15) is 17.3 Å². The fraction of sp³-hybridized carbons (Fsp3) is 0.125. The Labute approximate surface area is 125 Å². The Kier molecular flexibility index (Phi) is 4.83. The third kappa shape index (κ3) is 4.12. The molecule has 2 aromatic rings. The van der Waals surface area contributed by atoms with E-state index in [0.717, 1.165) is 18.2 Å². The summed E-state index contributed by atoms with van der Waals surface area (Å²) in [4.78, 5) is 22.9. The zero-order valence-electron chi connectivity index (χ0n) is 11.7. The van der Waals surface area contributed by atoms with E-state index in [1.165, 1.54) is 13.0 Å². The minimum absolute atomic E-state index is 0.128. The molecule has 114 valence electrons. The van der Waals surface area contributed by atoms with Gasteiger partial charge in [-0.3, -0.25) is 9.59 Å². The first-order chi connectivity index (χ1) is 10.5. The third-order valence-electron chi connectivity index (χ3n) is 2.81. The first kappa shape index (κ1) is 15.6. The highest BCUT2D eigenvalue weighted by Crippen LogP contribution is 2.16. The van der Waals surface area contributed by atoms with Gasteiger partial charge >= 0.3 is 0 Å². The molecule has 2 aromatic carbocycles. The fourth-order valence-corrected chi connectivity index (χ4v) is 1.73. The average molecular weight is 305 g/mol. The summed E-state index contributed by atoms with van der Waals surface area (Å²) in [7, 11) is 0. The van der Waals surface area contributed by atoms with Gasteiger partial charge in [-0.05, 0) is 31.2 Å². The Morgan fingerprint density at radius 1 is 1.14 bits per heavy atom. The number of ketones is 1. The molecule has 0 saturated carbocycles. The Morgan fingerprint density at radius 3 is 2.64 bits per heavy atom. The highest BCUT2D eigenvalue weighted by atomic mass is 19.1. The van der Waals surface area contributed by atoms with Crippen LogP contribution in [0.3, 0.4) is 0 Å². The van der Waals surface area contributed by atoms with Crippen molar-refractivity contribution in [2.24, 2.45) is 0 Å². The lowest BCUT2D eigenvalue weighted by Crippen LogP contribution is -2.21. The molecule has 0 bridgehead atoms. The zero-order chi connectivity index (χ0) is 16.1. The largest absolute Gasteiger partial charge is 0.484 e. The molecular formula is C16H13F2NO3. The van der Waals surface area contributed by atoms with Crippen molar-refractivity contribution in [3.63, 3.8) is 0 Å². The molecule has 22 heavy (non-hydrogen) atoms. The Bertz CT molecular complexity index is 716. The second-order valence-electron chi connectivity index (χ2n) is 4.55. The van der Waals surface area contributed by atoms with E-state index < -0.39 is 24.1 Å². The minimum atomic E-state index is -0.742. The monoisotopic (exact) mass is 305 g/mol. The van der Waals surface area contributed by atoms with Gasteiger partial charge in [0.2, 0.25) is 0 Å². The van der Waals surface area contributed by atoms with Gasteiger partial charge in [0, 0.05) is 11.6 Å². The lowest BCUT2D eigenvalue weighted by molar-refractivity contribution is -0.118. The van der Waals surface area contributed by atoms with Crippen molar-refractivity contribution in [1.29, 1.82) is 0 Å². The van der Waals surface area contributed by atoms with Gasteiger partial charge in [-0.25, -0.2) is 8.78 Å². The van der Waals surface area contributed by atoms with Gasteiger partial charge in [-0.2, -0.15) is 0 Å². The number of nitrogens with one attached hydrogen (secondary N) is 1. The van der Waals surface area contributed by atoms with Crippen molar-refractivity contribution in [2.45, 2.75) is 6.92 Å². The summed E-state index contributed by atoms with van der Waals surface area (Å²) >= 11 is 0. The summed E-state index contributed by atoms with van der Waals surface area (Å²) < 4.78 is 31.6. The number of carbonyl (C=O) groups is 2. The van der Waals surface area contributed by atoms with Crippen molar-refractivity contribution in [1.82, 2.24) is 0 Å². The number of carbonyl (C=O) groups excluding carboxylic acids is 2. The molecule has 0 aliphatic carbocycles. The lowest BCUT2D eigenvalue weighted by atomic mass is 10.1. The van der Waals surface area contributed by atoms with Crippen LogP contribution in [-0.2, 0) is 4.79 Å². The Morgan fingerprint density at radius 2 is 1.91 bits per heavy atom. The second kappa shape index (κ2) is 6.80. The van der Waals surface area contributed by atoms with Crippen LogP contribution in [0.4, 0.5) is 14.5 Å². The van der Waals surface area contributed by atoms with Crippen molar-refractivity contribution in [3.05, 3.63) is 59.7 Å². The highest BCUT2D eigenvalue weighted by molar-refractivity contribution is 5.94. The first-order valence-corrected chi connectivity index (χ1v) is 6.44. The molecule has 0 heterocycles. The van der Waals surface area contributed by atoms with Crippen LogP contribution in [0.5, 0.6) is 5.75 Å². The van der Waals surface area contributed by atoms with Crippen molar-refractivity contribution in [3.8, 4) is 5.75 Å². The number of Topliss-reactive ketones (excluding diaryl/α,β-unsaturated/α-hetero) is 1. The fourth-order valence-electron chi connectivity index (χ4n) is 1.73. The van der Waals surface area contributed by atoms with Gasteiger partial charge < -0.3 is 10.1 Å². The molecule has 0 atom stereocenters. The van der Waals surface area contributed by atoms with E-state index in [0.29, 0.717) is 11.3 Å². The van der Waals surface area contributed by atoms with Crippen LogP contribution in [0.15, 0.2) is 42.5 Å². The van der Waals surface area contributed by atoms with Crippen LogP contribution in [-0.4, -0.2) is 18.3 Å². The minimum Gasteiger partial charge on any atom is -0.484 e. The van der Waals surface area contributed by atoms with E-state index >= 15 is 0 Å². The molecule has 0 unspecified atom stereocenters. The van der Waals surface area contributed by atoms with Gasteiger partial charge in [0.05, 0.1) is 5.69 Å². The van der Waals surface area contributed by atoms with Crippen molar-refractivity contribution >= 4 is 17.4 Å². The molecule has 0 aliphatic rings. The van der Waals surface area contributed by atoms with E-state index in [2.05, 4.69) is 5.32 Å². The van der Waals surface area contributed by atoms with Crippen molar-refractivity contribution in [2.75, 3.05) is 11.9 Å². The standard InChI is InChI=1S/C16H13F2NO3/c1-10(20)11-3-2-4-13(7-11)22-9-16(21)19-15-8-12(17)5-6-14(15)18/h2-8H,9H2,1H3,(H,19,21). The zero-order valence-corrected chi connectivity index (χ0v) is 11.7. The molecule has 0 saturated heterocycles. The van der Waals surface area contributed by atoms with E-state index in [9.17, 15) is 18.4 Å². The quantitative estimate of drug-likeness (QED) is 0.863. The third-order valence-corrected chi connectivity index (χ3v) is 2.81. The van der Waals surface area contributed by atoms with Crippen LogP contribution in [0.25, 0.3) is 0 Å². The van der Waals surface area contributed by atoms with Gasteiger partial charge in [0.1, 0.15) is 17.4 Å². The molecule has 0 fully saturated rings. The topological polar surface area (TPSA) is 55.4 Å². The van der Waals surface area contributed by atoms with Crippen molar-refractivity contribution < 1.29 is 23.1 Å². The average Bonchev–Trinajstić information content (AvgIpc) is 2.49. The molecule has 0 aliphatic heterocycles. The molecular weight excluding hydrogens is 292 g/mol. The summed E-state index contributed by atoms with van der Waals surface area (Å²) in [6.45, 7) is 1.02. The maximum Gasteiger partial charge on any atom is 0.262 e. The molecule has 0 spiro atoms. The van der Waals surface area contributed by atoms with Gasteiger partial charge in [0.25, 0.3) is 5.91 Å². The Hall–Kier alpha value is -2.76. The lowest BCUT2D eigenvalue weighted by Gasteiger charge is -2.09. The van der Waals surface area contributed by atoms with E-state index in [1.54, 1.807) is 18.2 Å².